The number of hydrogen-bond donors (Lipinski definition) is 2. The molecule has 0 unspecified atom stereocenters. The van der Waals surface area contributed by atoms with Crippen molar-refractivity contribution in [1.82, 2.24) is 15.0 Å². The fraction of sp³-hybridized carbons (Fsp3) is 0.118. The van der Waals surface area contributed by atoms with Crippen LogP contribution in [-0.4, -0.2) is 32.6 Å². The van der Waals surface area contributed by atoms with Crippen LogP contribution in [0.5, 0.6) is 11.6 Å². The summed E-state index contributed by atoms with van der Waals surface area (Å²) in [6.07, 6.45) is -5.69. The maximum atomic E-state index is 13.0. The Bertz CT molecular complexity index is 940. The van der Waals surface area contributed by atoms with Crippen molar-refractivity contribution in [3.63, 3.8) is 0 Å². The summed E-state index contributed by atoms with van der Waals surface area (Å²) >= 11 is 0. The van der Waals surface area contributed by atoms with Gasteiger partial charge in [0.15, 0.2) is 0 Å². The maximum Gasteiger partial charge on any atom is 0.461 e. The average Bonchev–Trinajstić information content (AvgIpc) is 2.62. The third kappa shape index (κ3) is 4.60. The lowest BCUT2D eigenvalue weighted by Crippen LogP contribution is -2.33. The van der Waals surface area contributed by atoms with Gasteiger partial charge in [0.25, 0.3) is 0 Å². The number of benzene rings is 1. The van der Waals surface area contributed by atoms with Gasteiger partial charge in [0.05, 0.1) is 5.69 Å². The van der Waals surface area contributed by atoms with Crippen LogP contribution in [-0.2, 0) is 0 Å². The second kappa shape index (κ2) is 7.44. The molecule has 140 valence electrons. The first kappa shape index (κ1) is 18.4. The van der Waals surface area contributed by atoms with Gasteiger partial charge in [-0.1, -0.05) is 6.07 Å². The first-order chi connectivity index (χ1) is 12.8. The van der Waals surface area contributed by atoms with Crippen molar-refractivity contribution in [2.24, 2.45) is 0 Å². The summed E-state index contributed by atoms with van der Waals surface area (Å²) in [4.78, 5) is 11.9. The summed E-state index contributed by atoms with van der Waals surface area (Å²) in [6.45, 7) is 0. The standard InChI is InChI=1S/C17H12F4N4O2/c18-15(19)17(20,21)27-12-3-1-2-11(9-12)24-16-23-7-5-13(25-16)10-4-6-22-14(26)8-10/h1-9,15H,(H,22,26)(H,23,24,25). The van der Waals surface area contributed by atoms with E-state index in [1.54, 1.807) is 12.1 Å². The predicted octanol–water partition coefficient (Wildman–Crippen LogP) is 4.22. The molecule has 27 heavy (non-hydrogen) atoms. The van der Waals surface area contributed by atoms with Crippen molar-refractivity contribution in [2.45, 2.75) is 12.5 Å². The molecule has 0 saturated carbocycles. The van der Waals surface area contributed by atoms with Crippen molar-refractivity contribution in [2.75, 3.05) is 5.32 Å². The van der Waals surface area contributed by atoms with E-state index in [2.05, 4.69) is 25.0 Å². The number of alkyl halides is 4. The molecule has 0 saturated heterocycles. The maximum absolute atomic E-state index is 13.0. The molecule has 6 nitrogen and oxygen atoms in total. The normalized spacial score (nSPS) is 11.4. The summed E-state index contributed by atoms with van der Waals surface area (Å²) in [6, 6.07) is 9.73. The van der Waals surface area contributed by atoms with Crippen LogP contribution in [0.3, 0.4) is 0 Å². The Morgan fingerprint density at radius 1 is 1.04 bits per heavy atom. The molecule has 0 radical (unpaired) electrons. The number of halogens is 4. The van der Waals surface area contributed by atoms with Crippen molar-refractivity contribution >= 4 is 11.6 Å². The van der Waals surface area contributed by atoms with E-state index in [-0.39, 0.29) is 17.5 Å². The fourth-order valence-corrected chi connectivity index (χ4v) is 2.13. The van der Waals surface area contributed by atoms with Crippen LogP contribution in [0, 0.1) is 0 Å². The van der Waals surface area contributed by atoms with E-state index in [9.17, 15) is 22.7 Å². The lowest BCUT2D eigenvalue weighted by molar-refractivity contribution is -0.253. The van der Waals surface area contributed by atoms with Gasteiger partial charge in [0.1, 0.15) is 5.75 Å². The summed E-state index contributed by atoms with van der Waals surface area (Å²) in [5, 5.41) is 12.2. The third-order valence-corrected chi connectivity index (χ3v) is 3.29. The van der Waals surface area contributed by atoms with Gasteiger partial charge in [-0.25, -0.2) is 15.0 Å². The topological polar surface area (TPSA) is 80.2 Å². The Balaban J connectivity index is 1.80. The number of hydrogen-bond acceptors (Lipinski definition) is 6. The van der Waals surface area contributed by atoms with E-state index in [1.807, 2.05) is 0 Å². The molecule has 1 aromatic carbocycles. The highest BCUT2D eigenvalue weighted by molar-refractivity contribution is 5.63. The molecule has 10 heteroatoms. The molecule has 0 aliphatic rings. The first-order valence-electron chi connectivity index (χ1n) is 7.54. The van der Waals surface area contributed by atoms with Crippen molar-refractivity contribution in [3.05, 3.63) is 54.9 Å². The first-order valence-corrected chi connectivity index (χ1v) is 7.54. The SMILES string of the molecule is Oc1cc(-c2ccnc(Nc3cccc(OC(F)(F)C(F)F)c3)n2)ccn1. The zero-order valence-electron chi connectivity index (χ0n) is 13.5. The van der Waals surface area contributed by atoms with Gasteiger partial charge in [0, 0.05) is 35.8 Å². The highest BCUT2D eigenvalue weighted by Crippen LogP contribution is 2.29. The number of aromatic hydroxyl groups is 1. The Hall–Kier alpha value is -3.43. The monoisotopic (exact) mass is 380 g/mol. The molecular weight excluding hydrogens is 368 g/mol. The fourth-order valence-electron chi connectivity index (χ4n) is 2.13. The molecule has 2 N–H and O–H groups in total. The molecule has 0 amide bonds. The minimum absolute atomic E-state index is 0.126. The van der Waals surface area contributed by atoms with E-state index in [0.717, 1.165) is 12.1 Å². The number of pyridine rings is 1. The van der Waals surface area contributed by atoms with Gasteiger partial charge in [-0.2, -0.15) is 17.6 Å². The van der Waals surface area contributed by atoms with E-state index in [1.165, 1.54) is 30.6 Å². The highest BCUT2D eigenvalue weighted by atomic mass is 19.3. The molecule has 2 aromatic heterocycles. The number of anilines is 2. The quantitative estimate of drug-likeness (QED) is 0.623. The van der Waals surface area contributed by atoms with E-state index < -0.39 is 18.3 Å². The number of aromatic nitrogens is 3. The highest BCUT2D eigenvalue weighted by Gasteiger charge is 2.43. The summed E-state index contributed by atoms with van der Waals surface area (Å²) in [7, 11) is 0. The molecular formula is C17H12F4N4O2. The van der Waals surface area contributed by atoms with E-state index in [0.29, 0.717) is 11.3 Å². The molecule has 0 spiro atoms. The Kier molecular flexibility index (Phi) is 5.06. The average molecular weight is 380 g/mol. The van der Waals surface area contributed by atoms with Crippen LogP contribution < -0.4 is 10.1 Å². The summed E-state index contributed by atoms with van der Waals surface area (Å²) in [5.41, 5.74) is 1.32. The van der Waals surface area contributed by atoms with Gasteiger partial charge in [-0.05, 0) is 24.3 Å². The molecule has 2 heterocycles. The molecule has 0 aliphatic carbocycles. The van der Waals surface area contributed by atoms with Gasteiger partial charge < -0.3 is 15.2 Å². The lowest BCUT2D eigenvalue weighted by atomic mass is 10.2. The summed E-state index contributed by atoms with van der Waals surface area (Å²) in [5.74, 6) is -0.493. The van der Waals surface area contributed by atoms with Gasteiger partial charge >= 0.3 is 12.5 Å². The van der Waals surface area contributed by atoms with Gasteiger partial charge in [-0.15, -0.1) is 0 Å². The molecule has 0 atom stereocenters. The Morgan fingerprint density at radius 3 is 2.56 bits per heavy atom. The van der Waals surface area contributed by atoms with Crippen LogP contribution in [0.25, 0.3) is 11.3 Å². The minimum atomic E-state index is -4.60. The van der Waals surface area contributed by atoms with Crippen LogP contribution in [0.15, 0.2) is 54.9 Å². The third-order valence-electron chi connectivity index (χ3n) is 3.29. The largest absolute Gasteiger partial charge is 0.493 e. The second-order valence-electron chi connectivity index (χ2n) is 5.29. The molecule has 3 rings (SSSR count). The van der Waals surface area contributed by atoms with Crippen molar-refractivity contribution in [1.29, 1.82) is 0 Å². The van der Waals surface area contributed by atoms with E-state index >= 15 is 0 Å². The van der Waals surface area contributed by atoms with E-state index in [4.69, 9.17) is 0 Å². The van der Waals surface area contributed by atoms with Gasteiger partial charge in [0.2, 0.25) is 11.8 Å². The molecule has 0 aliphatic heterocycles. The number of rotatable bonds is 6. The van der Waals surface area contributed by atoms with Crippen molar-refractivity contribution < 1.29 is 27.4 Å². The van der Waals surface area contributed by atoms with Crippen LogP contribution >= 0.6 is 0 Å². The lowest BCUT2D eigenvalue weighted by Gasteiger charge is -2.17. The predicted molar refractivity (Wildman–Crippen MR) is 88.2 cm³/mol. The molecule has 0 fully saturated rings. The number of nitrogens with zero attached hydrogens (tertiary/aromatic N) is 3. The van der Waals surface area contributed by atoms with Crippen LogP contribution in [0.1, 0.15) is 0 Å². The Morgan fingerprint density at radius 2 is 1.81 bits per heavy atom. The second-order valence-corrected chi connectivity index (χ2v) is 5.29. The van der Waals surface area contributed by atoms with Crippen molar-refractivity contribution in [3.8, 4) is 22.9 Å². The van der Waals surface area contributed by atoms with Crippen LogP contribution in [0.4, 0.5) is 29.2 Å². The van der Waals surface area contributed by atoms with Crippen LogP contribution in [0.2, 0.25) is 0 Å². The van der Waals surface area contributed by atoms with Gasteiger partial charge in [-0.3, -0.25) is 0 Å². The number of nitrogens with one attached hydrogen (secondary N) is 1. The smallest absolute Gasteiger partial charge is 0.461 e. The Labute approximate surface area is 150 Å². The number of ether oxygens (including phenoxy) is 1. The minimum Gasteiger partial charge on any atom is -0.493 e. The zero-order chi connectivity index (χ0) is 19.4. The zero-order valence-corrected chi connectivity index (χ0v) is 13.5. The summed E-state index contributed by atoms with van der Waals surface area (Å²) < 4.78 is 54.6. The molecule has 0 bridgehead atoms. The molecule has 3 aromatic rings.